The van der Waals surface area contributed by atoms with Crippen LogP contribution in [0.15, 0.2) is 64.5 Å². The predicted molar refractivity (Wildman–Crippen MR) is 149 cm³/mol. The lowest BCUT2D eigenvalue weighted by atomic mass is 10.1. The Bertz CT molecular complexity index is 1620. The minimum atomic E-state index is -4.61. The number of aliphatic carboxylic acids is 1. The van der Waals surface area contributed by atoms with Gasteiger partial charge in [0, 0.05) is 29.6 Å². The summed E-state index contributed by atoms with van der Waals surface area (Å²) in [7, 11) is -4.61. The third-order valence-corrected chi connectivity index (χ3v) is 8.04. The minimum absolute atomic E-state index is 0.0598. The van der Waals surface area contributed by atoms with Gasteiger partial charge in [0.15, 0.2) is 10.9 Å². The fourth-order valence-corrected chi connectivity index (χ4v) is 5.87. The molecule has 1 aromatic heterocycles. The van der Waals surface area contributed by atoms with Crippen LogP contribution in [0, 0.1) is 20.2 Å². The smallest absolute Gasteiger partial charge is 0.326 e. The number of hydrogen-bond donors (Lipinski definition) is 5. The van der Waals surface area contributed by atoms with Gasteiger partial charge >= 0.3 is 5.97 Å². The topological polar surface area (TPSA) is 263 Å². The Balaban J connectivity index is 2.01. The Morgan fingerprint density at radius 3 is 2.29 bits per heavy atom. The molecule has 0 spiro atoms. The maximum absolute atomic E-state index is 13.2. The van der Waals surface area contributed by atoms with Gasteiger partial charge in [0.25, 0.3) is 27.3 Å². The van der Waals surface area contributed by atoms with Gasteiger partial charge in [-0.25, -0.2) is 13.2 Å². The molecule has 0 saturated heterocycles. The zero-order valence-electron chi connectivity index (χ0n) is 20.9. The number of aliphatic imine (C=N–C) groups is 1. The quantitative estimate of drug-likeness (QED) is 0.0620. The number of carboxylic acids is 1. The highest BCUT2D eigenvalue weighted by Gasteiger charge is 2.29. The number of carbonyl (C=O) groups excluding carboxylic acids is 1. The number of nitro benzene ring substituents is 2. The Morgan fingerprint density at radius 2 is 1.71 bits per heavy atom. The molecule has 1 amide bonds. The second kappa shape index (κ2) is 12.8. The number of nitrogens with one attached hydrogen (secondary N) is 2. The van der Waals surface area contributed by atoms with E-state index in [9.17, 15) is 43.3 Å². The third-order valence-electron chi connectivity index (χ3n) is 5.45. The van der Waals surface area contributed by atoms with E-state index < -0.39 is 48.4 Å². The van der Waals surface area contributed by atoms with Gasteiger partial charge in [-0.3, -0.25) is 34.7 Å². The van der Waals surface area contributed by atoms with Gasteiger partial charge in [0.2, 0.25) is 0 Å². The maximum Gasteiger partial charge on any atom is 0.326 e. The molecule has 0 aliphatic carbocycles. The standard InChI is InChI=1S/C23H23N7O9S2/c24-23(25)26-11-3-4-15(22(32)33)27-21(31)20-16(12-18(40-20)13-7-9-14(10-8-13)29(34)35)28-41(38,39)19-6-2-1-5-17(19)30(36)37/h1-2,5-10,12,15,28H,3-4,11H2,(H,27,31)(H,32,33)(H4,24,25,26)/t15-/m0/s1. The van der Waals surface area contributed by atoms with E-state index in [-0.39, 0.29) is 41.6 Å². The first-order valence-electron chi connectivity index (χ1n) is 11.5. The summed E-state index contributed by atoms with van der Waals surface area (Å²) in [5, 5.41) is 34.4. The van der Waals surface area contributed by atoms with Crippen LogP contribution in [0.25, 0.3) is 10.4 Å². The summed E-state index contributed by atoms with van der Waals surface area (Å²) in [6.07, 6.45) is 0.139. The highest BCUT2D eigenvalue weighted by molar-refractivity contribution is 7.93. The molecule has 7 N–H and O–H groups in total. The van der Waals surface area contributed by atoms with Crippen LogP contribution in [-0.2, 0) is 14.8 Å². The molecule has 0 bridgehead atoms. The molecule has 0 fully saturated rings. The van der Waals surface area contributed by atoms with Crippen molar-refractivity contribution in [3.05, 3.63) is 79.7 Å². The highest BCUT2D eigenvalue weighted by atomic mass is 32.2. The van der Waals surface area contributed by atoms with E-state index in [1.54, 1.807) is 0 Å². The number of anilines is 1. The number of carboxylic acid groups (broad SMARTS) is 1. The van der Waals surface area contributed by atoms with Crippen LogP contribution in [0.5, 0.6) is 0 Å². The number of nitro groups is 2. The number of guanidine groups is 1. The molecule has 18 heteroatoms. The first-order chi connectivity index (χ1) is 19.3. The number of non-ortho nitro benzene ring substituents is 1. The van der Waals surface area contributed by atoms with Gasteiger partial charge in [0.05, 0.1) is 15.5 Å². The number of sulfonamides is 1. The number of rotatable bonds is 13. The molecule has 2 aromatic carbocycles. The normalized spacial score (nSPS) is 11.7. The van der Waals surface area contributed by atoms with Gasteiger partial charge in [-0.15, -0.1) is 11.3 Å². The molecule has 0 unspecified atom stereocenters. The van der Waals surface area contributed by atoms with Crippen molar-refractivity contribution in [3.63, 3.8) is 0 Å². The molecular formula is C23H23N7O9S2. The van der Waals surface area contributed by atoms with Crippen molar-refractivity contribution < 1.29 is 33.0 Å². The van der Waals surface area contributed by atoms with Crippen LogP contribution in [-0.4, -0.2) is 53.8 Å². The molecule has 3 aromatic rings. The van der Waals surface area contributed by atoms with Gasteiger partial charge in [-0.05, 0) is 42.7 Å². The summed E-state index contributed by atoms with van der Waals surface area (Å²) >= 11 is 0.777. The summed E-state index contributed by atoms with van der Waals surface area (Å²) < 4.78 is 28.5. The number of hydrogen-bond acceptors (Lipinski definition) is 10. The number of benzene rings is 2. The number of nitrogens with two attached hydrogens (primary N) is 2. The average molecular weight is 606 g/mol. The third kappa shape index (κ3) is 7.73. The van der Waals surface area contributed by atoms with Crippen molar-refractivity contribution in [2.24, 2.45) is 16.5 Å². The number of amides is 1. The van der Waals surface area contributed by atoms with E-state index in [4.69, 9.17) is 11.5 Å². The van der Waals surface area contributed by atoms with Gasteiger partial charge < -0.3 is 21.9 Å². The summed E-state index contributed by atoms with van der Waals surface area (Å²) in [5.41, 5.74) is 9.69. The number of carbonyl (C=O) groups is 2. The van der Waals surface area contributed by atoms with E-state index in [1.165, 1.54) is 42.5 Å². The predicted octanol–water partition coefficient (Wildman–Crippen LogP) is 2.27. The molecule has 216 valence electrons. The zero-order valence-corrected chi connectivity index (χ0v) is 22.6. The fourth-order valence-electron chi connectivity index (χ4n) is 3.54. The lowest BCUT2D eigenvalue weighted by Crippen LogP contribution is -2.40. The van der Waals surface area contributed by atoms with E-state index >= 15 is 0 Å². The number of thiophene rings is 1. The second-order valence-corrected chi connectivity index (χ2v) is 11.0. The highest BCUT2D eigenvalue weighted by Crippen LogP contribution is 2.37. The van der Waals surface area contributed by atoms with Crippen LogP contribution in [0.3, 0.4) is 0 Å². The molecule has 41 heavy (non-hydrogen) atoms. The van der Waals surface area contributed by atoms with E-state index in [0.29, 0.717) is 10.4 Å². The van der Waals surface area contributed by atoms with Crippen molar-refractivity contribution in [2.45, 2.75) is 23.8 Å². The summed E-state index contributed by atoms with van der Waals surface area (Å²) in [6.45, 7) is 0.103. The number of nitrogens with zero attached hydrogens (tertiary/aromatic N) is 3. The Kier molecular flexibility index (Phi) is 9.53. The first-order valence-corrected chi connectivity index (χ1v) is 13.8. The lowest BCUT2D eigenvalue weighted by molar-refractivity contribution is -0.387. The van der Waals surface area contributed by atoms with Crippen molar-refractivity contribution >= 4 is 56.3 Å². The maximum atomic E-state index is 13.2. The minimum Gasteiger partial charge on any atom is -0.480 e. The molecule has 0 aliphatic rings. The molecule has 1 atom stereocenters. The monoisotopic (exact) mass is 605 g/mol. The van der Waals surface area contributed by atoms with Crippen molar-refractivity contribution in [3.8, 4) is 10.4 Å². The Morgan fingerprint density at radius 1 is 1.05 bits per heavy atom. The molecule has 0 saturated carbocycles. The Hall–Kier alpha value is -5.10. The fraction of sp³-hybridized carbons (Fsp3) is 0.174. The Labute approximate surface area is 236 Å². The van der Waals surface area contributed by atoms with Gasteiger partial charge in [0.1, 0.15) is 10.9 Å². The van der Waals surface area contributed by atoms with Crippen LogP contribution < -0.4 is 21.5 Å². The van der Waals surface area contributed by atoms with Crippen LogP contribution in [0.2, 0.25) is 0 Å². The second-order valence-electron chi connectivity index (χ2n) is 8.30. The largest absolute Gasteiger partial charge is 0.480 e. The van der Waals surface area contributed by atoms with Crippen LogP contribution >= 0.6 is 11.3 Å². The van der Waals surface area contributed by atoms with Crippen LogP contribution in [0.1, 0.15) is 22.5 Å². The number of para-hydroxylation sites is 1. The zero-order chi connectivity index (χ0) is 30.3. The lowest BCUT2D eigenvalue weighted by Gasteiger charge is -2.14. The first kappa shape index (κ1) is 30.4. The molecule has 0 radical (unpaired) electrons. The molecule has 3 rings (SSSR count). The van der Waals surface area contributed by atoms with Crippen LogP contribution in [0.4, 0.5) is 17.1 Å². The van der Waals surface area contributed by atoms with Gasteiger partial charge in [-0.1, -0.05) is 12.1 Å². The molecular weight excluding hydrogens is 582 g/mol. The average Bonchev–Trinajstić information content (AvgIpc) is 3.33. The van der Waals surface area contributed by atoms with Crippen molar-refractivity contribution in [2.75, 3.05) is 11.3 Å². The van der Waals surface area contributed by atoms with Gasteiger partial charge in [-0.2, -0.15) is 0 Å². The molecule has 0 aliphatic heterocycles. The summed E-state index contributed by atoms with van der Waals surface area (Å²) in [4.78, 5) is 49.1. The van der Waals surface area contributed by atoms with Crippen molar-refractivity contribution in [1.29, 1.82) is 0 Å². The summed E-state index contributed by atoms with van der Waals surface area (Å²) in [6, 6.07) is 9.65. The van der Waals surface area contributed by atoms with Crippen molar-refractivity contribution in [1.82, 2.24) is 5.32 Å². The van der Waals surface area contributed by atoms with E-state index in [2.05, 4.69) is 15.0 Å². The molecule has 16 nitrogen and oxygen atoms in total. The van der Waals surface area contributed by atoms with E-state index in [0.717, 1.165) is 23.5 Å². The van der Waals surface area contributed by atoms with E-state index in [1.807, 2.05) is 0 Å². The molecule has 1 heterocycles. The summed E-state index contributed by atoms with van der Waals surface area (Å²) in [5.74, 6) is -2.50. The SMILES string of the molecule is NC(N)=NCCC[C@H](NC(=O)c1sc(-c2ccc([N+](=O)[O-])cc2)cc1NS(=O)(=O)c1ccccc1[N+](=O)[O-])C(=O)O.